The molecule has 1 aliphatic heterocycles. The molecule has 0 radical (unpaired) electrons. The first-order chi connectivity index (χ1) is 19.3. The van der Waals surface area contributed by atoms with Crippen molar-refractivity contribution in [1.29, 1.82) is 0 Å². The molecule has 1 amide bonds. The van der Waals surface area contributed by atoms with Crippen molar-refractivity contribution in [3.8, 4) is 5.69 Å². The van der Waals surface area contributed by atoms with Gasteiger partial charge in [0, 0.05) is 36.2 Å². The highest BCUT2D eigenvalue weighted by atomic mass is 35.5. The minimum absolute atomic E-state index is 0.0556. The fourth-order valence-corrected chi connectivity index (χ4v) is 6.20. The quantitative estimate of drug-likeness (QED) is 0.210. The number of nitrogens with zero attached hydrogens (tertiary/aromatic N) is 3. The Labute approximate surface area is 250 Å². The highest BCUT2D eigenvalue weighted by Gasteiger charge is 2.41. The molecule has 2 aromatic heterocycles. The van der Waals surface area contributed by atoms with Crippen molar-refractivity contribution in [1.82, 2.24) is 19.8 Å². The van der Waals surface area contributed by atoms with Crippen molar-refractivity contribution < 1.29 is 4.79 Å². The predicted molar refractivity (Wildman–Crippen MR) is 166 cm³/mol. The van der Waals surface area contributed by atoms with Gasteiger partial charge in [0.05, 0.1) is 33.5 Å². The van der Waals surface area contributed by atoms with Gasteiger partial charge in [0.1, 0.15) is 0 Å². The van der Waals surface area contributed by atoms with E-state index in [-0.39, 0.29) is 24.4 Å². The molecule has 2 N–H and O–H groups in total. The van der Waals surface area contributed by atoms with Crippen molar-refractivity contribution in [3.63, 3.8) is 0 Å². The average Bonchev–Trinajstić information content (AvgIpc) is 3.44. The molecule has 4 aromatic rings. The normalized spacial score (nSPS) is 16.7. The molecule has 1 aliphatic rings. The largest absolute Gasteiger partial charge is 0.352 e. The van der Waals surface area contributed by atoms with Gasteiger partial charge in [-0.15, -0.1) is 0 Å². The molecule has 5 rings (SSSR count). The van der Waals surface area contributed by atoms with Crippen LogP contribution in [-0.4, -0.2) is 32.0 Å². The molecule has 2 aromatic carbocycles. The van der Waals surface area contributed by atoms with Gasteiger partial charge in [0.25, 0.3) is 0 Å². The van der Waals surface area contributed by atoms with E-state index >= 15 is 0 Å². The number of hydrogen-bond acceptors (Lipinski definition) is 3. The van der Waals surface area contributed by atoms with Crippen LogP contribution in [0, 0.1) is 13.8 Å². The van der Waals surface area contributed by atoms with E-state index in [4.69, 9.17) is 35.4 Å². The number of pyridine rings is 1. The van der Waals surface area contributed by atoms with Gasteiger partial charge in [0.15, 0.2) is 5.11 Å². The number of halogens is 2. The molecule has 1 fully saturated rings. The number of rotatable bonds is 8. The fraction of sp³-hybridized carbons (Fsp3) is 0.258. The second-order valence-corrected chi connectivity index (χ2v) is 11.0. The van der Waals surface area contributed by atoms with Gasteiger partial charge in [0.2, 0.25) is 5.91 Å². The standard InChI is InChI=1S/C31H31Cl2N5OS/c1-4-21-10-5-6-12-24(21)35-27(39)15-17-37-30(29(36-31(37)40)25-13-7-8-16-34-25)22-18-19(2)38(20(22)3)26-14-9-11-23(32)28(26)33/h5-14,16,18,29-30H,4,15,17H2,1-3H3,(H,35,39)(H,36,40)/t29-,30-/m1/s1. The lowest BCUT2D eigenvalue weighted by atomic mass is 9.96. The van der Waals surface area contributed by atoms with Crippen molar-refractivity contribution in [2.45, 2.75) is 45.7 Å². The summed E-state index contributed by atoms with van der Waals surface area (Å²) in [6, 6.07) is 21.2. The van der Waals surface area contributed by atoms with Gasteiger partial charge in [-0.05, 0) is 80.0 Å². The van der Waals surface area contributed by atoms with Crippen molar-refractivity contribution in [2.24, 2.45) is 0 Å². The van der Waals surface area contributed by atoms with Crippen LogP contribution in [0.4, 0.5) is 5.69 Å². The lowest BCUT2D eigenvalue weighted by Crippen LogP contribution is -2.33. The molecule has 1 saturated heterocycles. The maximum Gasteiger partial charge on any atom is 0.226 e. The number of anilines is 1. The molecule has 0 aliphatic carbocycles. The van der Waals surface area contributed by atoms with Crippen LogP contribution >= 0.6 is 35.4 Å². The van der Waals surface area contributed by atoms with Crippen molar-refractivity contribution in [3.05, 3.63) is 111 Å². The van der Waals surface area contributed by atoms with E-state index in [1.54, 1.807) is 12.3 Å². The van der Waals surface area contributed by atoms with Gasteiger partial charge in [-0.2, -0.15) is 0 Å². The van der Waals surface area contributed by atoms with Crippen LogP contribution in [0.25, 0.3) is 5.69 Å². The van der Waals surface area contributed by atoms with E-state index in [2.05, 4.69) is 45.0 Å². The third-order valence-corrected chi connectivity index (χ3v) is 8.57. The second kappa shape index (κ2) is 12.0. The minimum Gasteiger partial charge on any atom is -0.352 e. The Bertz CT molecular complexity index is 1550. The molecule has 0 spiro atoms. The first-order valence-electron chi connectivity index (χ1n) is 13.3. The molecule has 6 nitrogen and oxygen atoms in total. The summed E-state index contributed by atoms with van der Waals surface area (Å²) in [6.45, 7) is 6.65. The number of para-hydroxylation sites is 1. The van der Waals surface area contributed by atoms with Crippen LogP contribution in [-0.2, 0) is 11.2 Å². The summed E-state index contributed by atoms with van der Waals surface area (Å²) in [5.74, 6) is -0.0556. The molecular weight excluding hydrogens is 561 g/mol. The summed E-state index contributed by atoms with van der Waals surface area (Å²) >= 11 is 18.8. The van der Waals surface area contributed by atoms with Crippen LogP contribution in [0.1, 0.15) is 53.6 Å². The third kappa shape index (κ3) is 5.46. The Balaban J connectivity index is 1.49. The molecule has 206 valence electrons. The topological polar surface area (TPSA) is 62.2 Å². The lowest BCUT2D eigenvalue weighted by Gasteiger charge is -2.28. The fourth-order valence-electron chi connectivity index (χ4n) is 5.49. The van der Waals surface area contributed by atoms with E-state index in [1.807, 2.05) is 61.5 Å². The molecule has 9 heteroatoms. The van der Waals surface area contributed by atoms with E-state index in [0.717, 1.165) is 46.0 Å². The van der Waals surface area contributed by atoms with E-state index in [0.29, 0.717) is 21.7 Å². The van der Waals surface area contributed by atoms with Crippen LogP contribution < -0.4 is 10.6 Å². The summed E-state index contributed by atoms with van der Waals surface area (Å²) in [4.78, 5) is 19.8. The maximum absolute atomic E-state index is 13.1. The lowest BCUT2D eigenvalue weighted by molar-refractivity contribution is -0.116. The van der Waals surface area contributed by atoms with Crippen LogP contribution in [0.15, 0.2) is 72.9 Å². The number of carbonyl (C=O) groups excluding carboxylic acids is 1. The molecule has 0 unspecified atom stereocenters. The molecule has 3 heterocycles. The summed E-state index contributed by atoms with van der Waals surface area (Å²) in [5.41, 5.74) is 6.77. The monoisotopic (exact) mass is 591 g/mol. The van der Waals surface area contributed by atoms with E-state index in [9.17, 15) is 4.79 Å². The first-order valence-corrected chi connectivity index (χ1v) is 14.5. The highest BCUT2D eigenvalue weighted by Crippen LogP contribution is 2.42. The van der Waals surface area contributed by atoms with Gasteiger partial charge in [-0.3, -0.25) is 9.78 Å². The van der Waals surface area contributed by atoms with Gasteiger partial charge >= 0.3 is 0 Å². The summed E-state index contributed by atoms with van der Waals surface area (Å²) in [7, 11) is 0. The zero-order valence-electron chi connectivity index (χ0n) is 22.6. The van der Waals surface area contributed by atoms with Crippen molar-refractivity contribution in [2.75, 3.05) is 11.9 Å². The molecule has 2 atom stereocenters. The molecule has 40 heavy (non-hydrogen) atoms. The number of nitrogens with one attached hydrogen (secondary N) is 2. The zero-order chi connectivity index (χ0) is 28.4. The Morgan fingerprint density at radius 1 is 1.07 bits per heavy atom. The third-order valence-electron chi connectivity index (χ3n) is 7.41. The number of amides is 1. The van der Waals surface area contributed by atoms with Crippen molar-refractivity contribution >= 4 is 52.1 Å². The molecule has 0 saturated carbocycles. The van der Waals surface area contributed by atoms with Gasteiger partial charge in [-0.1, -0.05) is 60.5 Å². The Morgan fingerprint density at radius 3 is 2.60 bits per heavy atom. The predicted octanol–water partition coefficient (Wildman–Crippen LogP) is 7.36. The number of hydrogen-bond donors (Lipinski definition) is 2. The minimum atomic E-state index is -0.193. The smallest absolute Gasteiger partial charge is 0.226 e. The number of thiocarbonyl (C=S) groups is 1. The van der Waals surface area contributed by atoms with E-state index in [1.165, 1.54) is 0 Å². The second-order valence-electron chi connectivity index (χ2n) is 9.86. The summed E-state index contributed by atoms with van der Waals surface area (Å²) in [5, 5.41) is 8.16. The highest BCUT2D eigenvalue weighted by molar-refractivity contribution is 7.80. The summed E-state index contributed by atoms with van der Waals surface area (Å²) in [6.07, 6.45) is 2.91. The Kier molecular flexibility index (Phi) is 8.45. The van der Waals surface area contributed by atoms with Crippen LogP contribution in [0.5, 0.6) is 0 Å². The molecule has 0 bridgehead atoms. The zero-order valence-corrected chi connectivity index (χ0v) is 24.9. The number of carbonyl (C=O) groups is 1. The first kappa shape index (κ1) is 28.1. The average molecular weight is 593 g/mol. The Morgan fingerprint density at radius 2 is 1.85 bits per heavy atom. The van der Waals surface area contributed by atoms with E-state index < -0.39 is 0 Å². The Hall–Kier alpha value is -3.39. The van der Waals surface area contributed by atoms with Gasteiger partial charge < -0.3 is 20.1 Å². The number of aromatic nitrogens is 2. The SMILES string of the molecule is CCc1ccccc1NC(=O)CCN1C(=S)N[C@H](c2ccccn2)[C@H]1c1cc(C)n(-c2cccc(Cl)c2Cl)c1C. The molecular formula is C31H31Cl2N5OS. The maximum atomic E-state index is 13.1. The van der Waals surface area contributed by atoms with Crippen LogP contribution in [0.2, 0.25) is 10.0 Å². The van der Waals surface area contributed by atoms with Gasteiger partial charge in [-0.25, -0.2) is 0 Å². The van der Waals surface area contributed by atoms with Crippen LogP contribution in [0.3, 0.4) is 0 Å². The number of benzene rings is 2. The number of aryl methyl sites for hydroxylation is 2. The summed E-state index contributed by atoms with van der Waals surface area (Å²) < 4.78 is 2.12.